The number of nitrogens with zero attached hydrogens (tertiary/aromatic N) is 3. The van der Waals surface area contributed by atoms with Crippen LogP contribution in [-0.2, 0) is 12.8 Å². The van der Waals surface area contributed by atoms with Crippen molar-refractivity contribution in [3.63, 3.8) is 0 Å². The normalized spacial score (nSPS) is 19.2. The molecule has 3 aromatic carbocycles. The van der Waals surface area contributed by atoms with Gasteiger partial charge in [0.05, 0.1) is 31.9 Å². The summed E-state index contributed by atoms with van der Waals surface area (Å²) in [5.74, 6) is 1.06. The lowest BCUT2D eigenvalue weighted by atomic mass is 9.76. The molecule has 2 aliphatic heterocycles. The van der Waals surface area contributed by atoms with E-state index in [0.29, 0.717) is 12.3 Å². The molecular formula is C48H50N3OSi+. The molecule has 1 aliphatic carbocycles. The molecule has 0 N–H and O–H groups in total. The third kappa shape index (κ3) is 6.03. The van der Waals surface area contributed by atoms with Gasteiger partial charge in [0.1, 0.15) is 5.58 Å². The highest BCUT2D eigenvalue weighted by atomic mass is 28.3. The number of aromatic nitrogens is 2. The Kier molecular flexibility index (Phi) is 8.65. The van der Waals surface area contributed by atoms with Crippen molar-refractivity contribution >= 4 is 41.0 Å². The molecule has 2 atom stereocenters. The van der Waals surface area contributed by atoms with Crippen LogP contribution >= 0.6 is 0 Å². The van der Waals surface area contributed by atoms with Crippen molar-refractivity contribution in [2.24, 2.45) is 10.9 Å². The van der Waals surface area contributed by atoms with E-state index in [1.54, 1.807) is 10.8 Å². The Morgan fingerprint density at radius 2 is 1.66 bits per heavy atom. The molecule has 3 aliphatic rings. The van der Waals surface area contributed by atoms with E-state index < -0.39 is 8.07 Å². The van der Waals surface area contributed by atoms with Gasteiger partial charge in [0, 0.05) is 44.3 Å². The molecule has 53 heavy (non-hydrogen) atoms. The second-order valence-corrected chi connectivity index (χ2v) is 21.7. The van der Waals surface area contributed by atoms with Gasteiger partial charge in [-0.3, -0.25) is 4.99 Å². The summed E-state index contributed by atoms with van der Waals surface area (Å²) < 4.78 is 9.32. The molecule has 5 heterocycles. The molecule has 0 radical (unpaired) electrons. The van der Waals surface area contributed by atoms with Crippen molar-refractivity contribution in [2.45, 2.75) is 83.0 Å². The van der Waals surface area contributed by atoms with Crippen LogP contribution < -0.4 is 9.75 Å². The van der Waals surface area contributed by atoms with Gasteiger partial charge >= 0.3 is 0 Å². The Morgan fingerprint density at radius 3 is 2.45 bits per heavy atom. The van der Waals surface area contributed by atoms with E-state index in [-0.39, 0.29) is 12.0 Å². The first kappa shape index (κ1) is 33.9. The zero-order chi connectivity index (χ0) is 36.3. The highest BCUT2D eigenvalue weighted by Crippen LogP contribution is 2.45. The Morgan fingerprint density at radius 1 is 0.887 bits per heavy atom. The standard InChI is InChI=1S/C48H50N3OSi/c1-6-41-45-34(22-24-39-40-25-26-42(33-17-11-8-12-18-33)50-48(40)52-47(39)45)21-23-38-36-19-13-14-20-37(36)43-28-35(27-32-15-9-7-10-16-32)44(53(3,4)5)30-51(43)46(38)31(2)29-49-41/h6,8,11-14,17-20,22,24-26,28,30,32,38,46H,1-2,7,9-10,15-16,21,23,27,29H2,3-5H3/q+1. The van der Waals surface area contributed by atoms with E-state index in [1.165, 1.54) is 60.9 Å². The summed E-state index contributed by atoms with van der Waals surface area (Å²) in [5.41, 5.74) is 13.5. The maximum Gasteiger partial charge on any atom is 0.227 e. The van der Waals surface area contributed by atoms with Crippen molar-refractivity contribution in [1.82, 2.24) is 4.98 Å². The average molecular weight is 713 g/mol. The molecule has 9 rings (SSSR count). The number of allylic oxidation sites excluding steroid dienone is 1. The maximum atomic E-state index is 6.70. The minimum atomic E-state index is -1.67. The van der Waals surface area contributed by atoms with Crippen LogP contribution in [0.5, 0.6) is 0 Å². The zero-order valence-corrected chi connectivity index (χ0v) is 32.5. The van der Waals surface area contributed by atoms with Crippen LogP contribution in [-0.4, -0.2) is 25.3 Å². The summed E-state index contributed by atoms with van der Waals surface area (Å²) in [6.45, 7) is 17.2. The number of hydrogen-bond acceptors (Lipinski definition) is 3. The number of pyridine rings is 2. The van der Waals surface area contributed by atoms with Crippen LogP contribution in [0.15, 0.2) is 125 Å². The van der Waals surface area contributed by atoms with Crippen LogP contribution in [0, 0.1) is 5.92 Å². The molecule has 1 fully saturated rings. The minimum Gasteiger partial charge on any atom is -0.437 e. The van der Waals surface area contributed by atoms with Gasteiger partial charge in [-0.2, -0.15) is 4.57 Å². The van der Waals surface area contributed by atoms with Gasteiger partial charge in [-0.05, 0) is 66.1 Å². The first-order valence-electron chi connectivity index (χ1n) is 19.7. The molecule has 0 spiro atoms. The molecule has 1 saturated carbocycles. The molecule has 4 nitrogen and oxygen atoms in total. The van der Waals surface area contributed by atoms with Gasteiger partial charge in [0.25, 0.3) is 0 Å². The van der Waals surface area contributed by atoms with Gasteiger partial charge < -0.3 is 4.42 Å². The van der Waals surface area contributed by atoms with Crippen molar-refractivity contribution in [3.05, 3.63) is 138 Å². The van der Waals surface area contributed by atoms with Gasteiger partial charge in [0.15, 0.2) is 12.2 Å². The Bertz CT molecular complexity index is 2430. The van der Waals surface area contributed by atoms with E-state index in [2.05, 4.69) is 104 Å². The second-order valence-electron chi connectivity index (χ2n) is 16.7. The summed E-state index contributed by atoms with van der Waals surface area (Å²) in [6.07, 6.45) is 14.4. The summed E-state index contributed by atoms with van der Waals surface area (Å²) in [5, 5.41) is 3.68. The topological polar surface area (TPSA) is 42.3 Å². The maximum absolute atomic E-state index is 6.70. The van der Waals surface area contributed by atoms with Gasteiger partial charge in [0.2, 0.25) is 11.4 Å². The second kappa shape index (κ2) is 13.5. The zero-order valence-electron chi connectivity index (χ0n) is 31.5. The van der Waals surface area contributed by atoms with E-state index in [4.69, 9.17) is 21.0 Å². The fourth-order valence-electron chi connectivity index (χ4n) is 9.67. The summed E-state index contributed by atoms with van der Waals surface area (Å²) in [4.78, 5) is 10.3. The molecule has 5 heteroatoms. The Balaban J connectivity index is 1.17. The summed E-state index contributed by atoms with van der Waals surface area (Å²) >= 11 is 0. The lowest BCUT2D eigenvalue weighted by molar-refractivity contribution is -0.708. The average Bonchev–Trinajstić information content (AvgIpc) is 3.55. The minimum absolute atomic E-state index is 0.116. The number of aliphatic imine (C=N–C) groups is 1. The van der Waals surface area contributed by atoms with Crippen LogP contribution in [0.25, 0.3) is 44.6 Å². The van der Waals surface area contributed by atoms with Gasteiger partial charge in [-0.15, -0.1) is 0 Å². The third-order valence-corrected chi connectivity index (χ3v) is 14.3. The molecule has 6 aromatic rings. The largest absolute Gasteiger partial charge is 0.437 e. The number of furan rings is 1. The predicted molar refractivity (Wildman–Crippen MR) is 223 cm³/mol. The fourth-order valence-corrected chi connectivity index (χ4v) is 11.3. The van der Waals surface area contributed by atoms with Crippen LogP contribution in [0.1, 0.15) is 72.7 Å². The number of benzene rings is 3. The molecule has 0 amide bonds. The van der Waals surface area contributed by atoms with Crippen molar-refractivity contribution < 1.29 is 8.98 Å². The Labute approximate surface area is 315 Å². The van der Waals surface area contributed by atoms with E-state index >= 15 is 0 Å². The monoisotopic (exact) mass is 712 g/mol. The predicted octanol–water partition coefficient (Wildman–Crippen LogP) is 11.1. The lowest BCUT2D eigenvalue weighted by Gasteiger charge is -2.34. The molecular weight excluding hydrogens is 663 g/mol. The van der Waals surface area contributed by atoms with E-state index in [0.717, 1.165) is 63.2 Å². The fraction of sp³-hybridized carbons (Fsp3) is 0.312. The third-order valence-electron chi connectivity index (χ3n) is 12.3. The highest BCUT2D eigenvalue weighted by molar-refractivity contribution is 6.89. The van der Waals surface area contributed by atoms with E-state index in [1.807, 2.05) is 24.3 Å². The summed E-state index contributed by atoms with van der Waals surface area (Å²) in [7, 11) is -1.67. The molecule has 0 saturated heterocycles. The first-order chi connectivity index (χ1) is 25.8. The molecule has 3 aromatic heterocycles. The van der Waals surface area contributed by atoms with Gasteiger partial charge in [-0.25, -0.2) is 4.98 Å². The van der Waals surface area contributed by atoms with Crippen LogP contribution in [0.4, 0.5) is 0 Å². The number of rotatable bonds is 5. The van der Waals surface area contributed by atoms with Crippen molar-refractivity contribution in [3.8, 4) is 22.5 Å². The van der Waals surface area contributed by atoms with E-state index in [9.17, 15) is 0 Å². The quantitative estimate of drug-likeness (QED) is 0.101. The first-order valence-corrected chi connectivity index (χ1v) is 23.2. The van der Waals surface area contributed by atoms with Crippen molar-refractivity contribution in [2.75, 3.05) is 6.54 Å². The highest BCUT2D eigenvalue weighted by Gasteiger charge is 2.43. The smallest absolute Gasteiger partial charge is 0.227 e. The van der Waals surface area contributed by atoms with Crippen molar-refractivity contribution in [1.29, 1.82) is 0 Å². The number of aryl methyl sites for hydroxylation is 1. The van der Waals surface area contributed by atoms with Crippen LogP contribution in [0.3, 0.4) is 0 Å². The van der Waals surface area contributed by atoms with Crippen LogP contribution in [0.2, 0.25) is 19.6 Å². The Hall–Kier alpha value is -4.87. The lowest BCUT2D eigenvalue weighted by Crippen LogP contribution is -2.54. The summed E-state index contributed by atoms with van der Waals surface area (Å²) in [6, 6.07) is 30.9. The SMILES string of the molecule is C=CC1=NCC(=C)C2C(CCc3ccc4c(oc5nc(-c6ccccc6)ccc54)c31)c1ccccc1-c1cc(CC3CCCCC3)c([Si](C)(C)C)c[n+]12. The molecule has 0 bridgehead atoms. The molecule has 2 unspecified atom stereocenters. The molecule has 266 valence electrons. The van der Waals surface area contributed by atoms with Gasteiger partial charge in [-0.1, -0.05) is 126 Å². The number of hydrogen-bond donors (Lipinski definition) is 0. The number of fused-ring (bicyclic) bond motifs is 11.